The number of rotatable bonds is 2. The number of para-hydroxylation sites is 3. The summed E-state index contributed by atoms with van der Waals surface area (Å²) in [5, 5.41) is 4.34. The zero-order chi connectivity index (χ0) is 23.8. The summed E-state index contributed by atoms with van der Waals surface area (Å²) in [6, 6.07) is 35.6. The maximum absolute atomic E-state index is 6.24. The van der Waals surface area contributed by atoms with E-state index in [1.54, 1.807) is 0 Å². The van der Waals surface area contributed by atoms with Crippen molar-refractivity contribution in [3.8, 4) is 16.8 Å². The Labute approximate surface area is 206 Å². The summed E-state index contributed by atoms with van der Waals surface area (Å²) < 4.78 is 14.6. The van der Waals surface area contributed by atoms with E-state index in [4.69, 9.17) is 13.8 Å². The first-order valence-electron chi connectivity index (χ1n) is 12.1. The lowest BCUT2D eigenvalue weighted by Crippen LogP contribution is -1.96. The van der Waals surface area contributed by atoms with E-state index in [2.05, 4.69) is 83.4 Å². The van der Waals surface area contributed by atoms with E-state index in [0.717, 1.165) is 77.5 Å². The van der Waals surface area contributed by atoms with Crippen molar-refractivity contribution in [1.82, 2.24) is 9.55 Å². The predicted octanol–water partition coefficient (Wildman–Crippen LogP) is 8.80. The van der Waals surface area contributed by atoms with Gasteiger partial charge in [0.05, 0.1) is 11.0 Å². The van der Waals surface area contributed by atoms with Crippen LogP contribution in [0.5, 0.6) is 0 Å². The fraction of sp³-hybridized carbons (Fsp3) is 0.0312. The third kappa shape index (κ3) is 2.72. The molecule has 0 amide bonds. The van der Waals surface area contributed by atoms with Gasteiger partial charge in [-0.3, -0.25) is 4.57 Å². The maximum atomic E-state index is 6.24. The van der Waals surface area contributed by atoms with Crippen LogP contribution in [0.2, 0.25) is 0 Å². The maximum Gasteiger partial charge on any atom is 0.136 e. The van der Waals surface area contributed by atoms with Crippen molar-refractivity contribution >= 4 is 54.9 Å². The van der Waals surface area contributed by atoms with Crippen LogP contribution in [0.1, 0.15) is 5.82 Å². The summed E-state index contributed by atoms with van der Waals surface area (Å²) in [6.07, 6.45) is 0. The average Bonchev–Trinajstić information content (AvgIpc) is 3.57. The van der Waals surface area contributed by atoms with Crippen molar-refractivity contribution in [2.75, 3.05) is 0 Å². The van der Waals surface area contributed by atoms with Gasteiger partial charge in [0.2, 0.25) is 0 Å². The second kappa shape index (κ2) is 7.09. The van der Waals surface area contributed by atoms with E-state index in [1.165, 1.54) is 0 Å². The van der Waals surface area contributed by atoms with Crippen molar-refractivity contribution in [2.45, 2.75) is 6.92 Å². The Balaban J connectivity index is 1.25. The SMILES string of the molecule is Cc1nc2ccccc2n1-c1ccc(-c2ccc3oc4cc5c(cc4c3c2)oc2ccccc25)cc1. The molecule has 0 saturated carbocycles. The van der Waals surface area contributed by atoms with E-state index in [0.29, 0.717) is 0 Å². The molecule has 0 fully saturated rings. The molecule has 8 aromatic rings. The summed E-state index contributed by atoms with van der Waals surface area (Å²) >= 11 is 0. The minimum atomic E-state index is 0.874. The van der Waals surface area contributed by atoms with Crippen LogP contribution in [0.3, 0.4) is 0 Å². The van der Waals surface area contributed by atoms with Crippen LogP contribution in [0, 0.1) is 6.92 Å². The van der Waals surface area contributed by atoms with Crippen LogP contribution in [-0.4, -0.2) is 9.55 Å². The Kier molecular flexibility index (Phi) is 3.84. The lowest BCUT2D eigenvalue weighted by Gasteiger charge is -2.09. The molecule has 0 N–H and O–H groups in total. The van der Waals surface area contributed by atoms with Gasteiger partial charge in [0.15, 0.2) is 0 Å². The highest BCUT2D eigenvalue weighted by Crippen LogP contribution is 2.38. The quantitative estimate of drug-likeness (QED) is 0.257. The van der Waals surface area contributed by atoms with Crippen molar-refractivity contribution in [3.05, 3.63) is 109 Å². The van der Waals surface area contributed by atoms with Gasteiger partial charge in [0, 0.05) is 27.2 Å². The first-order chi connectivity index (χ1) is 17.7. The first-order valence-corrected chi connectivity index (χ1v) is 12.1. The van der Waals surface area contributed by atoms with Gasteiger partial charge < -0.3 is 8.83 Å². The molecule has 0 spiro atoms. The van der Waals surface area contributed by atoms with Gasteiger partial charge in [-0.15, -0.1) is 0 Å². The topological polar surface area (TPSA) is 44.1 Å². The Hall–Kier alpha value is -4.83. The normalized spacial score (nSPS) is 12.0. The number of hydrogen-bond donors (Lipinski definition) is 0. The lowest BCUT2D eigenvalue weighted by molar-refractivity contribution is 0.664. The van der Waals surface area contributed by atoms with Crippen LogP contribution < -0.4 is 0 Å². The highest BCUT2D eigenvalue weighted by molar-refractivity contribution is 6.15. The van der Waals surface area contributed by atoms with Gasteiger partial charge in [-0.25, -0.2) is 4.98 Å². The fourth-order valence-corrected chi connectivity index (χ4v) is 5.45. The molecule has 3 aromatic heterocycles. The average molecular weight is 465 g/mol. The Morgan fingerprint density at radius 2 is 1.19 bits per heavy atom. The van der Waals surface area contributed by atoms with E-state index in [1.807, 2.05) is 31.2 Å². The molecule has 0 aliphatic heterocycles. The summed E-state index contributed by atoms with van der Waals surface area (Å²) in [5.41, 5.74) is 9.06. The van der Waals surface area contributed by atoms with Crippen molar-refractivity contribution < 1.29 is 8.83 Å². The number of hydrogen-bond acceptors (Lipinski definition) is 3. The number of fused-ring (bicyclic) bond motifs is 7. The lowest BCUT2D eigenvalue weighted by atomic mass is 10.0. The second-order valence-electron chi connectivity index (χ2n) is 9.29. The highest BCUT2D eigenvalue weighted by atomic mass is 16.3. The van der Waals surface area contributed by atoms with Crippen LogP contribution in [0.25, 0.3) is 71.7 Å². The standard InChI is InChI=1S/C32H20N2O2/c1-19-33-27-7-3-4-8-28(27)34(19)22-13-10-20(11-14-22)21-12-15-30-24(16-21)26-18-31-25(17-32(26)36-30)23-6-2-5-9-29(23)35-31/h2-18H,1H3. The molecule has 0 aliphatic rings. The van der Waals surface area contributed by atoms with Crippen LogP contribution in [-0.2, 0) is 0 Å². The molecule has 0 aliphatic carbocycles. The summed E-state index contributed by atoms with van der Waals surface area (Å²) in [6.45, 7) is 2.05. The molecule has 0 radical (unpaired) electrons. The van der Waals surface area contributed by atoms with E-state index in [-0.39, 0.29) is 0 Å². The fourth-order valence-electron chi connectivity index (χ4n) is 5.45. The molecule has 3 heterocycles. The van der Waals surface area contributed by atoms with Gasteiger partial charge in [-0.05, 0) is 72.6 Å². The minimum absolute atomic E-state index is 0.874. The molecule has 0 atom stereocenters. The third-order valence-corrected chi connectivity index (χ3v) is 7.16. The first kappa shape index (κ1) is 19.5. The molecule has 170 valence electrons. The minimum Gasteiger partial charge on any atom is -0.456 e. The largest absolute Gasteiger partial charge is 0.456 e. The molecular formula is C32H20N2O2. The molecule has 36 heavy (non-hydrogen) atoms. The van der Waals surface area contributed by atoms with Crippen LogP contribution >= 0.6 is 0 Å². The van der Waals surface area contributed by atoms with Crippen LogP contribution in [0.15, 0.2) is 112 Å². The molecule has 8 rings (SSSR count). The Bertz CT molecular complexity index is 2110. The zero-order valence-corrected chi connectivity index (χ0v) is 19.5. The smallest absolute Gasteiger partial charge is 0.136 e. The molecule has 0 unspecified atom stereocenters. The third-order valence-electron chi connectivity index (χ3n) is 7.16. The Morgan fingerprint density at radius 3 is 2.03 bits per heavy atom. The molecule has 4 nitrogen and oxygen atoms in total. The Morgan fingerprint density at radius 1 is 0.556 bits per heavy atom. The van der Waals surface area contributed by atoms with E-state index >= 15 is 0 Å². The molecule has 4 heteroatoms. The summed E-state index contributed by atoms with van der Waals surface area (Å²) in [7, 11) is 0. The van der Waals surface area contributed by atoms with Crippen molar-refractivity contribution in [1.29, 1.82) is 0 Å². The number of aromatic nitrogens is 2. The highest BCUT2D eigenvalue weighted by Gasteiger charge is 2.14. The number of furan rings is 2. The van der Waals surface area contributed by atoms with Gasteiger partial charge in [-0.2, -0.15) is 0 Å². The number of nitrogens with zero attached hydrogens (tertiary/aromatic N) is 2. The van der Waals surface area contributed by atoms with Gasteiger partial charge in [0.25, 0.3) is 0 Å². The molecule has 0 saturated heterocycles. The van der Waals surface area contributed by atoms with Gasteiger partial charge in [0.1, 0.15) is 28.2 Å². The number of imidazole rings is 1. The number of benzene rings is 5. The van der Waals surface area contributed by atoms with Crippen LogP contribution in [0.4, 0.5) is 0 Å². The monoisotopic (exact) mass is 464 g/mol. The van der Waals surface area contributed by atoms with Crippen molar-refractivity contribution in [2.24, 2.45) is 0 Å². The molecule has 5 aromatic carbocycles. The van der Waals surface area contributed by atoms with Gasteiger partial charge in [-0.1, -0.05) is 48.5 Å². The molecular weight excluding hydrogens is 444 g/mol. The summed E-state index contributed by atoms with van der Waals surface area (Å²) in [4.78, 5) is 4.71. The van der Waals surface area contributed by atoms with Gasteiger partial charge >= 0.3 is 0 Å². The van der Waals surface area contributed by atoms with E-state index in [9.17, 15) is 0 Å². The zero-order valence-electron chi connectivity index (χ0n) is 19.5. The second-order valence-corrected chi connectivity index (χ2v) is 9.29. The number of aryl methyl sites for hydroxylation is 1. The van der Waals surface area contributed by atoms with Crippen molar-refractivity contribution in [3.63, 3.8) is 0 Å². The molecule has 0 bridgehead atoms. The van der Waals surface area contributed by atoms with E-state index < -0.39 is 0 Å². The summed E-state index contributed by atoms with van der Waals surface area (Å²) in [5.74, 6) is 0.979. The predicted molar refractivity (Wildman–Crippen MR) is 146 cm³/mol.